The summed E-state index contributed by atoms with van der Waals surface area (Å²) >= 11 is 0. The summed E-state index contributed by atoms with van der Waals surface area (Å²) in [5.41, 5.74) is 4.22. The second-order valence-electron chi connectivity index (χ2n) is 5.54. The molecular formula is C20H19N3. The molecule has 1 aromatic heterocycles. The molecule has 3 heteroatoms. The molecule has 0 radical (unpaired) electrons. The van der Waals surface area contributed by atoms with Crippen molar-refractivity contribution in [3.8, 4) is 11.8 Å². The summed E-state index contributed by atoms with van der Waals surface area (Å²) in [6, 6.07) is 24.7. The van der Waals surface area contributed by atoms with Crippen LogP contribution in [0.15, 0.2) is 72.9 Å². The van der Waals surface area contributed by atoms with E-state index in [1.54, 1.807) is 0 Å². The van der Waals surface area contributed by atoms with Crippen LogP contribution >= 0.6 is 0 Å². The van der Waals surface area contributed by atoms with Gasteiger partial charge in [-0.25, -0.2) is 0 Å². The van der Waals surface area contributed by atoms with E-state index in [1.165, 1.54) is 11.3 Å². The second kappa shape index (κ2) is 6.95. The van der Waals surface area contributed by atoms with Crippen LogP contribution in [0.1, 0.15) is 29.8 Å². The summed E-state index contributed by atoms with van der Waals surface area (Å²) in [6.07, 6.45) is 2.05. The SMILES string of the molecule is CC(NCc1cccn1-c1ccc(C#N)cc1)c1ccccc1. The molecule has 0 fully saturated rings. The number of aromatic nitrogens is 1. The van der Waals surface area contributed by atoms with Gasteiger partial charge < -0.3 is 9.88 Å². The maximum Gasteiger partial charge on any atom is 0.0991 e. The molecule has 0 aliphatic rings. The van der Waals surface area contributed by atoms with E-state index in [0.29, 0.717) is 11.6 Å². The Hall–Kier alpha value is -2.83. The van der Waals surface area contributed by atoms with E-state index in [1.807, 2.05) is 42.6 Å². The summed E-state index contributed by atoms with van der Waals surface area (Å²) in [5, 5.41) is 12.5. The standard InChI is InChI=1S/C20H19N3/c1-16(18-6-3-2-4-7-18)22-15-20-8-5-13-23(20)19-11-9-17(14-21)10-12-19/h2-13,16,22H,15H2,1H3. The predicted molar refractivity (Wildman–Crippen MR) is 92.2 cm³/mol. The van der Waals surface area contributed by atoms with Crippen molar-refractivity contribution in [2.75, 3.05) is 0 Å². The van der Waals surface area contributed by atoms with Crippen molar-refractivity contribution in [1.82, 2.24) is 9.88 Å². The molecule has 0 amide bonds. The molecule has 0 aliphatic heterocycles. The molecule has 0 bridgehead atoms. The molecule has 3 nitrogen and oxygen atoms in total. The lowest BCUT2D eigenvalue weighted by Gasteiger charge is -2.16. The molecule has 3 rings (SSSR count). The maximum absolute atomic E-state index is 8.90. The number of nitrogens with zero attached hydrogens (tertiary/aromatic N) is 2. The minimum atomic E-state index is 0.292. The van der Waals surface area contributed by atoms with Gasteiger partial charge in [-0.3, -0.25) is 0 Å². The van der Waals surface area contributed by atoms with Gasteiger partial charge in [0, 0.05) is 30.2 Å². The number of nitriles is 1. The van der Waals surface area contributed by atoms with Crippen LogP contribution < -0.4 is 5.32 Å². The Labute approximate surface area is 136 Å². The first-order valence-corrected chi connectivity index (χ1v) is 7.73. The average molecular weight is 301 g/mol. The van der Waals surface area contributed by atoms with E-state index >= 15 is 0 Å². The molecule has 1 unspecified atom stereocenters. The average Bonchev–Trinajstić information content (AvgIpc) is 3.09. The fourth-order valence-corrected chi connectivity index (χ4v) is 2.63. The lowest BCUT2D eigenvalue weighted by atomic mass is 10.1. The van der Waals surface area contributed by atoms with Gasteiger partial charge in [-0.1, -0.05) is 30.3 Å². The summed E-state index contributed by atoms with van der Waals surface area (Å²) < 4.78 is 2.14. The number of nitrogens with one attached hydrogen (secondary N) is 1. The van der Waals surface area contributed by atoms with Crippen LogP contribution in [0.3, 0.4) is 0 Å². The Morgan fingerprint density at radius 2 is 1.74 bits per heavy atom. The number of rotatable bonds is 5. The summed E-state index contributed by atoms with van der Waals surface area (Å²) in [7, 11) is 0. The van der Waals surface area contributed by atoms with Crippen LogP contribution in [0.4, 0.5) is 0 Å². The van der Waals surface area contributed by atoms with Crippen molar-refractivity contribution in [3.05, 3.63) is 89.7 Å². The van der Waals surface area contributed by atoms with E-state index in [4.69, 9.17) is 5.26 Å². The smallest absolute Gasteiger partial charge is 0.0991 e. The minimum absolute atomic E-state index is 0.292. The first kappa shape index (κ1) is 15.1. The Morgan fingerprint density at radius 1 is 1.00 bits per heavy atom. The normalized spacial score (nSPS) is 11.8. The maximum atomic E-state index is 8.90. The Balaban J connectivity index is 1.72. The highest BCUT2D eigenvalue weighted by Crippen LogP contribution is 2.16. The van der Waals surface area contributed by atoms with Gasteiger partial charge in [0.2, 0.25) is 0 Å². The molecule has 1 atom stereocenters. The topological polar surface area (TPSA) is 40.8 Å². The highest BCUT2D eigenvalue weighted by molar-refractivity contribution is 5.41. The van der Waals surface area contributed by atoms with Crippen molar-refractivity contribution in [2.45, 2.75) is 19.5 Å². The number of hydrogen-bond donors (Lipinski definition) is 1. The monoisotopic (exact) mass is 301 g/mol. The number of benzene rings is 2. The molecule has 1 heterocycles. The van der Waals surface area contributed by atoms with Crippen LogP contribution in [0, 0.1) is 11.3 Å². The van der Waals surface area contributed by atoms with Crippen molar-refractivity contribution in [2.24, 2.45) is 0 Å². The van der Waals surface area contributed by atoms with E-state index in [0.717, 1.165) is 12.2 Å². The third-order valence-corrected chi connectivity index (χ3v) is 4.00. The Morgan fingerprint density at radius 3 is 2.43 bits per heavy atom. The highest BCUT2D eigenvalue weighted by Gasteiger charge is 2.07. The van der Waals surface area contributed by atoms with Crippen LogP contribution in [-0.2, 0) is 6.54 Å². The molecule has 1 N–H and O–H groups in total. The second-order valence-corrected chi connectivity index (χ2v) is 5.54. The third-order valence-electron chi connectivity index (χ3n) is 4.00. The van der Waals surface area contributed by atoms with Gasteiger partial charge in [-0.05, 0) is 48.9 Å². The highest BCUT2D eigenvalue weighted by atomic mass is 15.0. The molecule has 0 aliphatic carbocycles. The predicted octanol–water partition coefficient (Wildman–Crippen LogP) is 4.20. The van der Waals surface area contributed by atoms with Crippen LogP contribution in [0.2, 0.25) is 0 Å². The first-order chi connectivity index (χ1) is 11.3. The molecule has 3 aromatic rings. The van der Waals surface area contributed by atoms with E-state index in [9.17, 15) is 0 Å². The lowest BCUT2D eigenvalue weighted by molar-refractivity contribution is 0.563. The number of hydrogen-bond acceptors (Lipinski definition) is 2. The zero-order valence-electron chi connectivity index (χ0n) is 13.1. The zero-order valence-corrected chi connectivity index (χ0v) is 13.1. The fraction of sp³-hybridized carbons (Fsp3) is 0.150. The summed E-state index contributed by atoms with van der Waals surface area (Å²) in [5.74, 6) is 0. The van der Waals surface area contributed by atoms with Gasteiger partial charge in [-0.2, -0.15) is 5.26 Å². The van der Waals surface area contributed by atoms with Crippen LogP contribution in [0.5, 0.6) is 0 Å². The zero-order chi connectivity index (χ0) is 16.1. The van der Waals surface area contributed by atoms with Crippen molar-refractivity contribution in [1.29, 1.82) is 5.26 Å². The molecule has 0 saturated carbocycles. The lowest BCUT2D eigenvalue weighted by Crippen LogP contribution is -2.19. The van der Waals surface area contributed by atoms with Gasteiger partial charge in [0.05, 0.1) is 11.6 Å². The fourth-order valence-electron chi connectivity index (χ4n) is 2.63. The molecule has 114 valence electrons. The van der Waals surface area contributed by atoms with Gasteiger partial charge in [-0.15, -0.1) is 0 Å². The summed E-state index contributed by atoms with van der Waals surface area (Å²) in [4.78, 5) is 0. The quantitative estimate of drug-likeness (QED) is 0.767. The van der Waals surface area contributed by atoms with Gasteiger partial charge >= 0.3 is 0 Å². The first-order valence-electron chi connectivity index (χ1n) is 7.73. The van der Waals surface area contributed by atoms with Crippen LogP contribution in [0.25, 0.3) is 5.69 Å². The van der Waals surface area contributed by atoms with Gasteiger partial charge in [0.25, 0.3) is 0 Å². The van der Waals surface area contributed by atoms with Gasteiger partial charge in [0.1, 0.15) is 0 Å². The largest absolute Gasteiger partial charge is 0.320 e. The van der Waals surface area contributed by atoms with E-state index in [2.05, 4.69) is 53.2 Å². The van der Waals surface area contributed by atoms with Crippen LogP contribution in [-0.4, -0.2) is 4.57 Å². The van der Waals surface area contributed by atoms with Crippen molar-refractivity contribution in [3.63, 3.8) is 0 Å². The van der Waals surface area contributed by atoms with Crippen molar-refractivity contribution < 1.29 is 0 Å². The van der Waals surface area contributed by atoms with Crippen molar-refractivity contribution >= 4 is 0 Å². The third kappa shape index (κ3) is 3.50. The minimum Gasteiger partial charge on any atom is -0.320 e. The Bertz CT molecular complexity index is 795. The molecular weight excluding hydrogens is 282 g/mol. The molecule has 2 aromatic carbocycles. The Kier molecular flexibility index (Phi) is 4.56. The van der Waals surface area contributed by atoms with Gasteiger partial charge in [0.15, 0.2) is 0 Å². The summed E-state index contributed by atoms with van der Waals surface area (Å²) in [6.45, 7) is 2.95. The molecule has 0 spiro atoms. The molecule has 0 saturated heterocycles. The van der Waals surface area contributed by atoms with E-state index < -0.39 is 0 Å². The van der Waals surface area contributed by atoms with E-state index in [-0.39, 0.29) is 0 Å². The molecule has 23 heavy (non-hydrogen) atoms.